The molecular formula is C15H18N6. The van der Waals surface area contributed by atoms with Gasteiger partial charge in [-0.05, 0) is 31.4 Å². The van der Waals surface area contributed by atoms with Crippen molar-refractivity contribution < 1.29 is 0 Å². The van der Waals surface area contributed by atoms with E-state index in [0.717, 1.165) is 31.3 Å². The van der Waals surface area contributed by atoms with E-state index in [2.05, 4.69) is 29.7 Å². The van der Waals surface area contributed by atoms with Crippen LogP contribution in [-0.2, 0) is 0 Å². The molecule has 0 amide bonds. The van der Waals surface area contributed by atoms with Gasteiger partial charge in [-0.1, -0.05) is 0 Å². The molecule has 0 spiro atoms. The van der Waals surface area contributed by atoms with Crippen LogP contribution in [-0.4, -0.2) is 45.1 Å². The Hall–Kier alpha value is -2.24. The van der Waals surface area contributed by atoms with Crippen LogP contribution in [0, 0.1) is 0 Å². The fraction of sp³-hybridized carbons (Fsp3) is 0.467. The van der Waals surface area contributed by atoms with E-state index >= 15 is 0 Å². The monoisotopic (exact) mass is 282 g/mol. The summed E-state index contributed by atoms with van der Waals surface area (Å²) in [6, 6.07) is 4.99. The van der Waals surface area contributed by atoms with Crippen LogP contribution >= 0.6 is 0 Å². The van der Waals surface area contributed by atoms with Crippen molar-refractivity contribution in [3.63, 3.8) is 0 Å². The van der Waals surface area contributed by atoms with Gasteiger partial charge in [0.1, 0.15) is 12.1 Å². The number of nitrogens with zero attached hydrogens (tertiary/aromatic N) is 6. The maximum Gasteiger partial charge on any atom is 0.225 e. The first-order chi connectivity index (χ1) is 10.4. The minimum atomic E-state index is 0.483. The molecule has 2 aliphatic rings. The Kier molecular flexibility index (Phi) is 3.14. The van der Waals surface area contributed by atoms with Crippen molar-refractivity contribution in [2.75, 3.05) is 22.9 Å². The second-order valence-electron chi connectivity index (χ2n) is 5.64. The molecule has 21 heavy (non-hydrogen) atoms. The third-order valence-corrected chi connectivity index (χ3v) is 4.16. The third kappa shape index (κ3) is 2.53. The average Bonchev–Trinajstić information content (AvgIpc) is 3.26. The highest BCUT2D eigenvalue weighted by Gasteiger charge is 2.38. The van der Waals surface area contributed by atoms with Gasteiger partial charge in [0.2, 0.25) is 5.95 Å². The summed E-state index contributed by atoms with van der Waals surface area (Å²) in [6.45, 7) is 1.97. The van der Waals surface area contributed by atoms with Crippen LogP contribution in [0.15, 0.2) is 37.1 Å². The fourth-order valence-corrected chi connectivity index (χ4v) is 3.07. The molecule has 0 bridgehead atoms. The van der Waals surface area contributed by atoms with E-state index in [1.54, 1.807) is 18.7 Å². The molecule has 0 radical (unpaired) electrons. The Labute approximate surface area is 123 Å². The van der Waals surface area contributed by atoms with Crippen LogP contribution in [0.4, 0.5) is 11.8 Å². The van der Waals surface area contributed by atoms with Crippen molar-refractivity contribution >= 4 is 11.8 Å². The van der Waals surface area contributed by atoms with Gasteiger partial charge in [0.25, 0.3) is 0 Å². The van der Waals surface area contributed by atoms with Gasteiger partial charge in [-0.25, -0.2) is 19.9 Å². The van der Waals surface area contributed by atoms with Crippen LogP contribution in [0.3, 0.4) is 0 Å². The molecule has 2 aromatic heterocycles. The first-order valence-corrected chi connectivity index (χ1v) is 7.48. The molecule has 108 valence electrons. The highest BCUT2D eigenvalue weighted by Crippen LogP contribution is 2.35. The van der Waals surface area contributed by atoms with Gasteiger partial charge in [0, 0.05) is 43.8 Å². The quantitative estimate of drug-likeness (QED) is 0.847. The van der Waals surface area contributed by atoms with E-state index in [9.17, 15) is 0 Å². The third-order valence-electron chi connectivity index (χ3n) is 4.16. The van der Waals surface area contributed by atoms with E-state index in [-0.39, 0.29) is 0 Å². The number of rotatable bonds is 4. The minimum absolute atomic E-state index is 0.483. The summed E-state index contributed by atoms with van der Waals surface area (Å²) >= 11 is 0. The van der Waals surface area contributed by atoms with Gasteiger partial charge in [-0.2, -0.15) is 0 Å². The largest absolute Gasteiger partial charge is 0.349 e. The molecule has 1 saturated carbocycles. The molecule has 4 rings (SSSR count). The van der Waals surface area contributed by atoms with E-state index < -0.39 is 0 Å². The lowest BCUT2D eigenvalue weighted by molar-refractivity contribution is 0.624. The predicted octanol–water partition coefficient (Wildman–Crippen LogP) is 1.51. The van der Waals surface area contributed by atoms with Gasteiger partial charge in [-0.15, -0.1) is 0 Å². The SMILES string of the molecule is c1cnc(N2CCC(N(c3ccncn3)C3CC3)C2)nc1. The Bertz CT molecular complexity index is 586. The van der Waals surface area contributed by atoms with E-state index in [4.69, 9.17) is 0 Å². The summed E-state index contributed by atoms with van der Waals surface area (Å²) in [5, 5.41) is 0. The van der Waals surface area contributed by atoms with Crippen LogP contribution in [0.25, 0.3) is 0 Å². The Morgan fingerprint density at radius 3 is 2.57 bits per heavy atom. The molecule has 1 aliphatic carbocycles. The lowest BCUT2D eigenvalue weighted by Gasteiger charge is -2.30. The minimum Gasteiger partial charge on any atom is -0.349 e. The van der Waals surface area contributed by atoms with Gasteiger partial charge in [-0.3, -0.25) is 0 Å². The maximum atomic E-state index is 4.45. The van der Waals surface area contributed by atoms with E-state index in [1.165, 1.54) is 12.8 Å². The number of hydrogen-bond acceptors (Lipinski definition) is 6. The van der Waals surface area contributed by atoms with Crippen LogP contribution in [0.1, 0.15) is 19.3 Å². The topological polar surface area (TPSA) is 58.0 Å². The van der Waals surface area contributed by atoms with Gasteiger partial charge in [0.15, 0.2) is 0 Å². The summed E-state index contributed by atoms with van der Waals surface area (Å²) in [5.74, 6) is 1.88. The zero-order valence-electron chi connectivity index (χ0n) is 11.8. The van der Waals surface area contributed by atoms with Crippen molar-refractivity contribution in [3.05, 3.63) is 37.1 Å². The van der Waals surface area contributed by atoms with Crippen molar-refractivity contribution in [2.45, 2.75) is 31.3 Å². The van der Waals surface area contributed by atoms with Crippen LogP contribution in [0.2, 0.25) is 0 Å². The molecule has 1 unspecified atom stereocenters. The lowest BCUT2D eigenvalue weighted by atomic mass is 10.2. The summed E-state index contributed by atoms with van der Waals surface area (Å²) < 4.78 is 0. The molecule has 6 heteroatoms. The van der Waals surface area contributed by atoms with Gasteiger partial charge in [0.05, 0.1) is 0 Å². The van der Waals surface area contributed by atoms with Crippen molar-refractivity contribution in [2.24, 2.45) is 0 Å². The summed E-state index contributed by atoms with van der Waals surface area (Å²) in [5.41, 5.74) is 0. The van der Waals surface area contributed by atoms with Crippen LogP contribution in [0.5, 0.6) is 0 Å². The molecule has 2 aromatic rings. The zero-order chi connectivity index (χ0) is 14.1. The fourth-order valence-electron chi connectivity index (χ4n) is 3.07. The molecule has 3 heterocycles. The second-order valence-corrected chi connectivity index (χ2v) is 5.64. The molecule has 0 N–H and O–H groups in total. The molecule has 2 fully saturated rings. The smallest absolute Gasteiger partial charge is 0.225 e. The lowest BCUT2D eigenvalue weighted by Crippen LogP contribution is -2.40. The normalized spacial score (nSPS) is 21.5. The second kappa shape index (κ2) is 5.27. The first kappa shape index (κ1) is 12.5. The van der Waals surface area contributed by atoms with Crippen molar-refractivity contribution in [1.82, 2.24) is 19.9 Å². The van der Waals surface area contributed by atoms with Crippen molar-refractivity contribution in [1.29, 1.82) is 0 Å². The van der Waals surface area contributed by atoms with E-state index in [0.29, 0.717) is 12.1 Å². The molecule has 1 atom stereocenters. The van der Waals surface area contributed by atoms with E-state index in [1.807, 2.05) is 18.3 Å². The predicted molar refractivity (Wildman–Crippen MR) is 80.2 cm³/mol. The number of anilines is 2. The summed E-state index contributed by atoms with van der Waals surface area (Å²) in [6.07, 6.45) is 10.7. The highest BCUT2D eigenvalue weighted by atomic mass is 15.3. The maximum absolute atomic E-state index is 4.45. The Morgan fingerprint density at radius 1 is 1.00 bits per heavy atom. The average molecular weight is 282 g/mol. The van der Waals surface area contributed by atoms with Crippen molar-refractivity contribution in [3.8, 4) is 0 Å². The van der Waals surface area contributed by atoms with Gasteiger partial charge < -0.3 is 9.80 Å². The molecule has 1 aliphatic heterocycles. The number of aromatic nitrogens is 4. The molecule has 0 aromatic carbocycles. The zero-order valence-corrected chi connectivity index (χ0v) is 11.8. The van der Waals surface area contributed by atoms with Crippen LogP contribution < -0.4 is 9.80 Å². The molecular weight excluding hydrogens is 264 g/mol. The molecule has 1 saturated heterocycles. The van der Waals surface area contributed by atoms with Gasteiger partial charge >= 0.3 is 0 Å². The number of hydrogen-bond donors (Lipinski definition) is 0. The summed E-state index contributed by atoms with van der Waals surface area (Å²) in [7, 11) is 0. The summed E-state index contributed by atoms with van der Waals surface area (Å²) in [4.78, 5) is 21.9. The highest BCUT2D eigenvalue weighted by molar-refractivity contribution is 5.44. The standard InChI is InChI=1S/C15H18N6/c1-6-17-15(18-7-1)20-9-5-13(10-20)21(12-2-3-12)14-4-8-16-11-19-14/h1,4,6-8,11-13H,2-3,5,9-10H2. The first-order valence-electron chi connectivity index (χ1n) is 7.48. The Morgan fingerprint density at radius 2 is 1.86 bits per heavy atom. The molecule has 6 nitrogen and oxygen atoms in total. The Balaban J connectivity index is 1.53.